The lowest BCUT2D eigenvalue weighted by Gasteiger charge is -2.26. The third kappa shape index (κ3) is 3.94. The summed E-state index contributed by atoms with van der Waals surface area (Å²) in [6.07, 6.45) is 1.53. The molecule has 2 aromatic rings. The van der Waals surface area contributed by atoms with Crippen LogP contribution in [0.4, 0.5) is 0 Å². The number of nitriles is 1. The van der Waals surface area contributed by atoms with Crippen LogP contribution in [0.5, 0.6) is 0 Å². The maximum absolute atomic E-state index is 9.06. The molecule has 0 aliphatic heterocycles. The van der Waals surface area contributed by atoms with Crippen molar-refractivity contribution in [3.8, 4) is 6.07 Å². The van der Waals surface area contributed by atoms with Crippen LogP contribution in [0.25, 0.3) is 0 Å². The first kappa shape index (κ1) is 14.3. The van der Waals surface area contributed by atoms with Crippen molar-refractivity contribution in [2.75, 3.05) is 13.6 Å². The number of hydrogen-bond donors (Lipinski definition) is 0. The van der Waals surface area contributed by atoms with Gasteiger partial charge in [-0.1, -0.05) is 60.7 Å². The van der Waals surface area contributed by atoms with Crippen LogP contribution in [0.15, 0.2) is 60.7 Å². The van der Waals surface area contributed by atoms with E-state index in [2.05, 4.69) is 54.4 Å². The topological polar surface area (TPSA) is 27.0 Å². The van der Waals surface area contributed by atoms with Crippen molar-refractivity contribution in [2.45, 2.75) is 18.9 Å². The number of nitrogens with zero attached hydrogens (tertiary/aromatic N) is 2. The molecule has 102 valence electrons. The molecule has 1 unspecified atom stereocenters. The molecule has 2 heteroatoms. The van der Waals surface area contributed by atoms with Crippen LogP contribution in [0.3, 0.4) is 0 Å². The van der Waals surface area contributed by atoms with Crippen LogP contribution in [-0.4, -0.2) is 18.5 Å². The molecule has 0 spiro atoms. The van der Waals surface area contributed by atoms with Gasteiger partial charge in [0.25, 0.3) is 0 Å². The van der Waals surface area contributed by atoms with Crippen molar-refractivity contribution >= 4 is 0 Å². The van der Waals surface area contributed by atoms with E-state index in [1.807, 2.05) is 24.3 Å². The van der Waals surface area contributed by atoms with Gasteiger partial charge in [-0.05, 0) is 24.6 Å². The Kier molecular flexibility index (Phi) is 5.34. The van der Waals surface area contributed by atoms with Crippen LogP contribution in [0.2, 0.25) is 0 Å². The molecular formula is C18H20N2. The van der Waals surface area contributed by atoms with E-state index in [0.29, 0.717) is 6.42 Å². The lowest BCUT2D eigenvalue weighted by Crippen LogP contribution is -2.26. The molecule has 20 heavy (non-hydrogen) atoms. The highest BCUT2D eigenvalue weighted by molar-refractivity contribution is 5.20. The average Bonchev–Trinajstić information content (AvgIpc) is 2.52. The molecule has 0 amide bonds. The first-order valence-electron chi connectivity index (χ1n) is 6.97. The Labute approximate surface area is 121 Å². The van der Waals surface area contributed by atoms with E-state index in [-0.39, 0.29) is 6.04 Å². The Morgan fingerprint density at radius 2 is 1.60 bits per heavy atom. The molecule has 0 N–H and O–H groups in total. The Hall–Kier alpha value is -2.11. The quantitative estimate of drug-likeness (QED) is 0.793. The summed E-state index contributed by atoms with van der Waals surface area (Å²) in [6, 6.07) is 23.2. The normalized spacial score (nSPS) is 12.1. The zero-order valence-corrected chi connectivity index (χ0v) is 11.9. The zero-order chi connectivity index (χ0) is 14.2. The van der Waals surface area contributed by atoms with Gasteiger partial charge in [-0.15, -0.1) is 0 Å². The Morgan fingerprint density at radius 3 is 2.20 bits per heavy atom. The van der Waals surface area contributed by atoms with Gasteiger partial charge in [0.15, 0.2) is 0 Å². The Balaban J connectivity index is 2.01. The van der Waals surface area contributed by atoms with Gasteiger partial charge in [0.05, 0.1) is 12.5 Å². The molecule has 1 atom stereocenters. The molecule has 0 aliphatic rings. The van der Waals surface area contributed by atoms with Crippen LogP contribution in [0, 0.1) is 11.3 Å². The van der Waals surface area contributed by atoms with Crippen molar-refractivity contribution in [2.24, 2.45) is 0 Å². The summed E-state index contributed by atoms with van der Waals surface area (Å²) in [5.41, 5.74) is 2.55. The summed E-state index contributed by atoms with van der Waals surface area (Å²) in [6.45, 7) is 0.950. The van der Waals surface area contributed by atoms with E-state index in [9.17, 15) is 0 Å². The summed E-state index contributed by atoms with van der Waals surface area (Å²) in [5.74, 6) is 0. The Morgan fingerprint density at radius 1 is 1.00 bits per heavy atom. The highest BCUT2D eigenvalue weighted by atomic mass is 15.1. The van der Waals surface area contributed by atoms with E-state index in [1.54, 1.807) is 0 Å². The van der Waals surface area contributed by atoms with Crippen LogP contribution >= 0.6 is 0 Å². The predicted octanol–water partition coefficient (Wildman–Crippen LogP) is 3.82. The summed E-state index contributed by atoms with van der Waals surface area (Å²) in [5, 5.41) is 9.06. The van der Waals surface area contributed by atoms with Gasteiger partial charge < -0.3 is 0 Å². The van der Waals surface area contributed by atoms with Gasteiger partial charge in [0.2, 0.25) is 0 Å². The van der Waals surface area contributed by atoms with Gasteiger partial charge in [-0.2, -0.15) is 5.26 Å². The number of rotatable bonds is 6. The fourth-order valence-corrected chi connectivity index (χ4v) is 2.40. The van der Waals surface area contributed by atoms with Gasteiger partial charge in [-0.25, -0.2) is 0 Å². The maximum atomic E-state index is 9.06. The lowest BCUT2D eigenvalue weighted by molar-refractivity contribution is 0.251. The van der Waals surface area contributed by atoms with E-state index in [0.717, 1.165) is 13.0 Å². The minimum absolute atomic E-state index is 0.171. The lowest BCUT2D eigenvalue weighted by atomic mass is 10.0. The molecule has 0 saturated carbocycles. The van der Waals surface area contributed by atoms with Crippen molar-refractivity contribution in [3.63, 3.8) is 0 Å². The smallest absolute Gasteiger partial charge is 0.0641 e. The van der Waals surface area contributed by atoms with Crippen molar-refractivity contribution < 1.29 is 0 Å². The first-order valence-corrected chi connectivity index (χ1v) is 6.97. The maximum Gasteiger partial charge on any atom is 0.0641 e. The molecule has 0 aliphatic carbocycles. The van der Waals surface area contributed by atoms with Gasteiger partial charge in [0, 0.05) is 12.6 Å². The molecule has 2 aromatic carbocycles. The summed E-state index contributed by atoms with van der Waals surface area (Å²) < 4.78 is 0. The minimum atomic E-state index is 0.171. The number of likely N-dealkylation sites (N-methyl/N-ethyl adjacent to an activating group) is 1. The fourth-order valence-electron chi connectivity index (χ4n) is 2.40. The number of benzene rings is 2. The fraction of sp³-hybridized carbons (Fsp3) is 0.278. The van der Waals surface area contributed by atoms with Crippen LogP contribution in [0.1, 0.15) is 23.6 Å². The highest BCUT2D eigenvalue weighted by Gasteiger charge is 2.16. The summed E-state index contributed by atoms with van der Waals surface area (Å²) in [7, 11) is 2.10. The Bertz CT molecular complexity index is 543. The molecule has 0 radical (unpaired) electrons. The second-order valence-corrected chi connectivity index (χ2v) is 5.00. The van der Waals surface area contributed by atoms with Gasteiger partial charge in [0.1, 0.15) is 0 Å². The van der Waals surface area contributed by atoms with Crippen molar-refractivity contribution in [1.82, 2.24) is 4.90 Å². The van der Waals surface area contributed by atoms with Crippen molar-refractivity contribution in [3.05, 3.63) is 71.8 Å². The molecular weight excluding hydrogens is 244 g/mol. The molecule has 0 aromatic heterocycles. The van der Waals surface area contributed by atoms with E-state index >= 15 is 0 Å². The first-order chi connectivity index (χ1) is 9.81. The predicted molar refractivity (Wildman–Crippen MR) is 82.2 cm³/mol. The zero-order valence-electron chi connectivity index (χ0n) is 11.9. The minimum Gasteiger partial charge on any atom is -0.298 e. The number of hydrogen-bond acceptors (Lipinski definition) is 2. The van der Waals surface area contributed by atoms with Gasteiger partial charge in [-0.3, -0.25) is 4.90 Å². The standard InChI is InChI=1S/C18H20N2/c1-20(15-13-16-8-4-2-5-9-16)18(12-14-19)17-10-6-3-7-11-17/h2-11,18H,12-13,15H2,1H3. The van der Waals surface area contributed by atoms with E-state index < -0.39 is 0 Å². The molecule has 0 saturated heterocycles. The van der Waals surface area contributed by atoms with E-state index in [4.69, 9.17) is 5.26 Å². The van der Waals surface area contributed by atoms with Crippen LogP contribution in [-0.2, 0) is 6.42 Å². The highest BCUT2D eigenvalue weighted by Crippen LogP contribution is 2.22. The van der Waals surface area contributed by atoms with Gasteiger partial charge >= 0.3 is 0 Å². The second-order valence-electron chi connectivity index (χ2n) is 5.00. The molecule has 0 heterocycles. The SMILES string of the molecule is CN(CCc1ccccc1)C(CC#N)c1ccccc1. The third-order valence-electron chi connectivity index (χ3n) is 3.60. The third-order valence-corrected chi connectivity index (χ3v) is 3.60. The van der Waals surface area contributed by atoms with E-state index in [1.165, 1.54) is 11.1 Å². The summed E-state index contributed by atoms with van der Waals surface area (Å²) in [4.78, 5) is 2.27. The molecule has 2 rings (SSSR count). The molecule has 0 bridgehead atoms. The summed E-state index contributed by atoms with van der Waals surface area (Å²) >= 11 is 0. The molecule has 2 nitrogen and oxygen atoms in total. The largest absolute Gasteiger partial charge is 0.298 e. The van der Waals surface area contributed by atoms with Crippen LogP contribution < -0.4 is 0 Å². The monoisotopic (exact) mass is 264 g/mol. The molecule has 0 fully saturated rings. The second kappa shape index (κ2) is 7.47. The van der Waals surface area contributed by atoms with Crippen molar-refractivity contribution in [1.29, 1.82) is 5.26 Å². The average molecular weight is 264 g/mol.